The third kappa shape index (κ3) is 4.89. The zero-order valence-electron chi connectivity index (χ0n) is 12.0. The maximum absolute atomic E-state index is 6.10. The summed E-state index contributed by atoms with van der Waals surface area (Å²) in [6, 6.07) is 13.5. The molecule has 0 amide bonds. The van der Waals surface area contributed by atoms with E-state index in [1.165, 1.54) is 0 Å². The van der Waals surface area contributed by atoms with Gasteiger partial charge in [0.2, 0.25) is 0 Å². The van der Waals surface area contributed by atoms with Gasteiger partial charge in [-0.25, -0.2) is 0 Å². The molecule has 0 atom stereocenters. The number of rotatable bonds is 4. The van der Waals surface area contributed by atoms with E-state index in [9.17, 15) is 0 Å². The molecule has 0 aromatic heterocycles. The van der Waals surface area contributed by atoms with Crippen molar-refractivity contribution in [2.45, 2.75) is 0 Å². The molecule has 2 nitrogen and oxygen atoms in total. The summed E-state index contributed by atoms with van der Waals surface area (Å²) in [5.74, 6) is 0.826. The molecule has 0 aliphatic rings. The van der Waals surface area contributed by atoms with Crippen LogP contribution in [0.3, 0.4) is 0 Å². The van der Waals surface area contributed by atoms with Gasteiger partial charge in [0.25, 0.3) is 0 Å². The van der Waals surface area contributed by atoms with Gasteiger partial charge in [-0.2, -0.15) is 0 Å². The van der Waals surface area contributed by atoms with E-state index in [-0.39, 0.29) is 0 Å². The Labute approximate surface area is 148 Å². The van der Waals surface area contributed by atoms with E-state index in [1.54, 1.807) is 7.11 Å². The van der Waals surface area contributed by atoms with E-state index in [1.807, 2.05) is 64.9 Å². The Kier molecular flexibility index (Phi) is 6.58. The van der Waals surface area contributed by atoms with Crippen molar-refractivity contribution in [3.63, 3.8) is 0 Å². The van der Waals surface area contributed by atoms with Gasteiger partial charge in [0, 0.05) is 0 Å². The van der Waals surface area contributed by atoms with Crippen LogP contribution in [0.25, 0.3) is 0 Å². The topological polar surface area (TPSA) is 12.2 Å². The van der Waals surface area contributed by atoms with E-state index >= 15 is 0 Å². The molecule has 0 bridgehead atoms. The van der Waals surface area contributed by atoms with Gasteiger partial charge < -0.3 is 0 Å². The van der Waals surface area contributed by atoms with Crippen LogP contribution in [0.2, 0.25) is 5.02 Å². The minimum absolute atomic E-state index is 0.675. The molecule has 6 heteroatoms. The predicted octanol–water partition coefficient (Wildman–Crippen LogP) is 4.82. The van der Waals surface area contributed by atoms with Gasteiger partial charge in [-0.15, -0.1) is 0 Å². The van der Waals surface area contributed by atoms with Crippen molar-refractivity contribution in [2.75, 3.05) is 14.2 Å². The second kappa shape index (κ2) is 8.22. The molecular formula is C16H15Cl3NORu+. The van der Waals surface area contributed by atoms with Crippen LogP contribution in [-0.2, 0) is 13.5 Å². The van der Waals surface area contributed by atoms with Crippen molar-refractivity contribution < 1.29 is 22.8 Å². The average Bonchev–Trinajstić information content (AvgIpc) is 2.49. The van der Waals surface area contributed by atoms with Crippen LogP contribution < -0.4 is 4.74 Å². The van der Waals surface area contributed by atoms with Crippen LogP contribution in [0, 0.1) is 0 Å². The van der Waals surface area contributed by atoms with Crippen LogP contribution in [0.4, 0.5) is 5.69 Å². The molecule has 0 N–H and O–H groups in total. The Morgan fingerprint density at radius 2 is 1.73 bits per heavy atom. The molecule has 0 spiro atoms. The fourth-order valence-corrected chi connectivity index (χ4v) is 3.96. The molecule has 0 heterocycles. The summed E-state index contributed by atoms with van der Waals surface area (Å²) in [4.78, 5) is 0. The van der Waals surface area contributed by atoms with Gasteiger partial charge in [0.15, 0.2) is 0 Å². The van der Waals surface area contributed by atoms with Crippen LogP contribution in [-0.4, -0.2) is 29.6 Å². The fraction of sp³-hybridized carbons (Fsp3) is 0.125. The van der Waals surface area contributed by atoms with Gasteiger partial charge in [0.05, 0.1) is 0 Å². The SMILES string of the molecule is COc1ccc([N+](C)=Cc2cc(Cl)ccc2[CH]=[Ru]([Cl])[Cl])cc1. The van der Waals surface area contributed by atoms with Gasteiger partial charge in [0.1, 0.15) is 0 Å². The quantitative estimate of drug-likeness (QED) is 0.374. The third-order valence-corrected chi connectivity index (χ3v) is 5.12. The number of hydrogen-bond donors (Lipinski definition) is 0. The van der Waals surface area contributed by atoms with E-state index in [0.717, 1.165) is 22.6 Å². The maximum atomic E-state index is 6.10. The van der Waals surface area contributed by atoms with Crippen molar-refractivity contribution in [1.82, 2.24) is 0 Å². The molecule has 118 valence electrons. The first-order chi connectivity index (χ1) is 10.5. The van der Waals surface area contributed by atoms with Crippen molar-refractivity contribution in [1.29, 1.82) is 0 Å². The molecule has 22 heavy (non-hydrogen) atoms. The van der Waals surface area contributed by atoms with E-state index in [2.05, 4.69) is 0 Å². The monoisotopic (exact) mass is 444 g/mol. The fourth-order valence-electron chi connectivity index (χ4n) is 1.93. The standard InChI is InChI=1S/C16H15ClNO.2ClH.Ru/c1-12-4-5-14(17)10-13(12)11-18(2)15-6-8-16(19-3)9-7-15;;;/h1,4-11H,2-3H3;2*1H;/q+1;;;+2/p-2. The summed E-state index contributed by atoms with van der Waals surface area (Å²) in [6.45, 7) is 0. The molecule has 2 aromatic carbocycles. The summed E-state index contributed by atoms with van der Waals surface area (Å²) in [7, 11) is 15.6. The molecule has 0 saturated carbocycles. The second-order valence-corrected chi connectivity index (χ2v) is 10.7. The molecular weight excluding hydrogens is 430 g/mol. The summed E-state index contributed by atoms with van der Waals surface area (Å²) in [5.41, 5.74) is 3.01. The molecule has 0 saturated heterocycles. The zero-order valence-corrected chi connectivity index (χ0v) is 16.0. The van der Waals surface area contributed by atoms with Gasteiger partial charge in [-0.3, -0.25) is 0 Å². The minimum atomic E-state index is -1.89. The van der Waals surface area contributed by atoms with E-state index in [4.69, 9.17) is 35.7 Å². The molecule has 0 radical (unpaired) electrons. The molecule has 0 aliphatic heterocycles. The Bertz CT molecular complexity index is 723. The van der Waals surface area contributed by atoms with Crippen LogP contribution >= 0.6 is 31.0 Å². The summed E-state index contributed by atoms with van der Waals surface area (Å²) < 4.78 is 9.10. The van der Waals surface area contributed by atoms with Gasteiger partial charge in [-0.1, -0.05) is 0 Å². The molecule has 0 fully saturated rings. The number of hydrogen-bond acceptors (Lipinski definition) is 1. The van der Waals surface area contributed by atoms with E-state index < -0.39 is 13.5 Å². The molecule has 0 aliphatic carbocycles. The molecule has 2 aromatic rings. The second-order valence-electron chi connectivity index (χ2n) is 4.52. The Hall–Kier alpha value is -0.727. The first-order valence-corrected chi connectivity index (χ1v) is 12.2. The first-order valence-electron chi connectivity index (χ1n) is 6.34. The summed E-state index contributed by atoms with van der Waals surface area (Å²) >= 11 is 4.21. The van der Waals surface area contributed by atoms with Gasteiger partial charge >= 0.3 is 149 Å². The predicted molar refractivity (Wildman–Crippen MR) is 92.3 cm³/mol. The number of ether oxygens (including phenoxy) is 1. The molecule has 2 rings (SSSR count). The number of halogens is 3. The van der Waals surface area contributed by atoms with Gasteiger partial charge in [-0.05, 0) is 0 Å². The van der Waals surface area contributed by atoms with Crippen molar-refractivity contribution in [3.8, 4) is 5.75 Å². The summed E-state index contributed by atoms with van der Waals surface area (Å²) in [6.07, 6.45) is 2.00. The van der Waals surface area contributed by atoms with E-state index in [0.29, 0.717) is 5.02 Å². The van der Waals surface area contributed by atoms with Crippen LogP contribution in [0.1, 0.15) is 11.1 Å². The van der Waals surface area contributed by atoms with Crippen LogP contribution in [0.5, 0.6) is 5.75 Å². The van der Waals surface area contributed by atoms with Crippen molar-refractivity contribution in [2.24, 2.45) is 0 Å². The number of benzene rings is 2. The van der Waals surface area contributed by atoms with Crippen LogP contribution in [0.15, 0.2) is 42.5 Å². The Morgan fingerprint density at radius 1 is 1.05 bits per heavy atom. The number of methoxy groups -OCH3 is 1. The normalized spacial score (nSPS) is 12.0. The number of nitrogens with zero attached hydrogens (tertiary/aromatic N) is 1. The Morgan fingerprint density at radius 3 is 2.32 bits per heavy atom. The Balaban J connectivity index is 2.42. The first kappa shape index (κ1) is 17.6. The zero-order chi connectivity index (χ0) is 16.1. The van der Waals surface area contributed by atoms with Crippen molar-refractivity contribution in [3.05, 3.63) is 58.6 Å². The third-order valence-electron chi connectivity index (χ3n) is 3.05. The summed E-state index contributed by atoms with van der Waals surface area (Å²) in [5, 5.41) is 0.675. The molecule has 0 unspecified atom stereocenters. The average molecular weight is 445 g/mol. The van der Waals surface area contributed by atoms with Crippen molar-refractivity contribution >= 4 is 47.5 Å².